The average molecular weight is 432 g/mol. The van der Waals surface area contributed by atoms with Crippen LogP contribution >= 0.6 is 11.8 Å². The van der Waals surface area contributed by atoms with Crippen molar-refractivity contribution in [3.8, 4) is 0 Å². The summed E-state index contributed by atoms with van der Waals surface area (Å²) in [5.41, 5.74) is 0. The smallest absolute Gasteiger partial charge is 0.241 e. The van der Waals surface area contributed by atoms with Crippen molar-refractivity contribution in [1.82, 2.24) is 10.0 Å². The monoisotopic (exact) mass is 431 g/mol. The lowest BCUT2D eigenvalue weighted by molar-refractivity contribution is -0.124. The number of aliphatic imine (C=N–C) groups is 1. The van der Waals surface area contributed by atoms with Crippen molar-refractivity contribution in [2.75, 3.05) is 18.8 Å². The van der Waals surface area contributed by atoms with Gasteiger partial charge in [-0.25, -0.2) is 13.1 Å². The van der Waals surface area contributed by atoms with E-state index in [-0.39, 0.29) is 17.7 Å². The van der Waals surface area contributed by atoms with Crippen LogP contribution in [0.4, 0.5) is 0 Å². The Balaban J connectivity index is 1.32. The van der Waals surface area contributed by atoms with Crippen LogP contribution < -0.4 is 10.0 Å². The molecule has 0 saturated heterocycles. The summed E-state index contributed by atoms with van der Waals surface area (Å²) in [7, 11) is -3.58. The van der Waals surface area contributed by atoms with Crippen LogP contribution in [0.1, 0.15) is 25.7 Å². The van der Waals surface area contributed by atoms with E-state index in [4.69, 9.17) is 0 Å². The van der Waals surface area contributed by atoms with Gasteiger partial charge in [0.05, 0.1) is 11.4 Å². The lowest BCUT2D eigenvalue weighted by atomic mass is 9.81. The van der Waals surface area contributed by atoms with Crippen LogP contribution in [-0.4, -0.2) is 38.3 Å². The van der Waals surface area contributed by atoms with Crippen LogP contribution in [-0.2, 0) is 14.8 Å². The lowest BCUT2D eigenvalue weighted by Gasteiger charge is -2.27. The maximum absolute atomic E-state index is 12.9. The molecule has 0 bridgehead atoms. The van der Waals surface area contributed by atoms with Gasteiger partial charge in [0.2, 0.25) is 15.9 Å². The predicted octanol–water partition coefficient (Wildman–Crippen LogP) is 3.14. The average Bonchev–Trinajstić information content (AvgIpc) is 3.25. The number of rotatable bonds is 5. The molecule has 4 rings (SSSR count). The van der Waals surface area contributed by atoms with E-state index in [1.807, 2.05) is 30.3 Å². The number of fused-ring (bicyclic) bond motifs is 1. The fraction of sp³-hybridized carbons (Fsp3) is 0.429. The molecule has 1 saturated carbocycles. The zero-order valence-electron chi connectivity index (χ0n) is 16.1. The van der Waals surface area contributed by atoms with Crippen LogP contribution in [0.3, 0.4) is 0 Å². The molecule has 1 heterocycles. The van der Waals surface area contributed by atoms with Crippen molar-refractivity contribution in [3.05, 3.63) is 42.5 Å². The Labute approximate surface area is 175 Å². The molecule has 2 N–H and O–H groups in total. The maximum atomic E-state index is 12.9. The standard InChI is InChI=1S/C21H25N3O3S2/c25-20(24-21-22-12-13-28-21)17-10-8-15(9-11-17)14-23-29(26,27)19-7-3-5-16-4-1-2-6-18(16)19/h1-7,15,17,23H,8-14H2,(H,22,24,25). The van der Waals surface area contributed by atoms with E-state index < -0.39 is 10.0 Å². The van der Waals surface area contributed by atoms with Gasteiger partial charge in [-0.1, -0.05) is 48.2 Å². The SMILES string of the molecule is O=C(NC1=NCCS1)C1CCC(CNS(=O)(=O)c2cccc3ccccc23)CC1. The fourth-order valence-corrected chi connectivity index (χ4v) is 6.06. The van der Waals surface area contributed by atoms with Gasteiger partial charge in [-0.15, -0.1) is 0 Å². The van der Waals surface area contributed by atoms with Crippen molar-refractivity contribution in [2.45, 2.75) is 30.6 Å². The predicted molar refractivity (Wildman–Crippen MR) is 117 cm³/mol. The summed E-state index contributed by atoms with van der Waals surface area (Å²) in [5.74, 6) is 1.22. The van der Waals surface area contributed by atoms with Gasteiger partial charge in [0.25, 0.3) is 0 Å². The first kappa shape index (κ1) is 20.4. The zero-order valence-corrected chi connectivity index (χ0v) is 17.8. The van der Waals surface area contributed by atoms with Crippen molar-refractivity contribution < 1.29 is 13.2 Å². The van der Waals surface area contributed by atoms with Gasteiger partial charge in [0.1, 0.15) is 0 Å². The van der Waals surface area contributed by atoms with Gasteiger partial charge in [-0.3, -0.25) is 9.79 Å². The highest BCUT2D eigenvalue weighted by Crippen LogP contribution is 2.29. The zero-order chi connectivity index (χ0) is 20.3. The fourth-order valence-electron chi connectivity index (χ4n) is 3.98. The van der Waals surface area contributed by atoms with Gasteiger partial charge >= 0.3 is 0 Å². The van der Waals surface area contributed by atoms with E-state index >= 15 is 0 Å². The minimum Gasteiger partial charge on any atom is -0.305 e. The molecule has 8 heteroatoms. The van der Waals surface area contributed by atoms with Crippen LogP contribution in [0.25, 0.3) is 10.8 Å². The second kappa shape index (κ2) is 8.85. The number of sulfonamides is 1. The van der Waals surface area contributed by atoms with Crippen molar-refractivity contribution >= 4 is 43.6 Å². The van der Waals surface area contributed by atoms with Gasteiger partial charge in [-0.2, -0.15) is 0 Å². The Kier molecular flexibility index (Phi) is 6.22. The Morgan fingerprint density at radius 1 is 1.07 bits per heavy atom. The highest BCUT2D eigenvalue weighted by Gasteiger charge is 2.28. The van der Waals surface area contributed by atoms with E-state index in [1.165, 1.54) is 0 Å². The van der Waals surface area contributed by atoms with Gasteiger partial charge < -0.3 is 5.32 Å². The highest BCUT2D eigenvalue weighted by atomic mass is 32.2. The summed E-state index contributed by atoms with van der Waals surface area (Å²) in [4.78, 5) is 17.0. The molecule has 1 aliphatic carbocycles. The molecule has 0 aromatic heterocycles. The van der Waals surface area contributed by atoms with Crippen LogP contribution in [0.5, 0.6) is 0 Å². The lowest BCUT2D eigenvalue weighted by Crippen LogP contribution is -2.37. The molecule has 154 valence electrons. The second-order valence-corrected chi connectivity index (χ2v) is 10.4. The maximum Gasteiger partial charge on any atom is 0.241 e. The van der Waals surface area contributed by atoms with E-state index in [0.29, 0.717) is 11.4 Å². The Hall–Kier alpha value is -1.90. The number of carbonyl (C=O) groups is 1. The Morgan fingerprint density at radius 3 is 2.59 bits per heavy atom. The van der Waals surface area contributed by atoms with Crippen molar-refractivity contribution in [3.63, 3.8) is 0 Å². The van der Waals surface area contributed by atoms with E-state index in [2.05, 4.69) is 15.0 Å². The van der Waals surface area contributed by atoms with Crippen LogP contribution in [0.2, 0.25) is 0 Å². The summed E-state index contributed by atoms with van der Waals surface area (Å²) < 4.78 is 28.5. The van der Waals surface area contributed by atoms with Crippen molar-refractivity contribution in [1.29, 1.82) is 0 Å². The minimum atomic E-state index is -3.58. The Bertz CT molecular complexity index is 1020. The number of nitrogens with one attached hydrogen (secondary N) is 2. The number of amidine groups is 1. The highest BCUT2D eigenvalue weighted by molar-refractivity contribution is 8.14. The normalized spacial score (nSPS) is 22.4. The third-order valence-corrected chi connectivity index (χ3v) is 8.01. The first-order valence-electron chi connectivity index (χ1n) is 9.98. The van der Waals surface area contributed by atoms with E-state index in [9.17, 15) is 13.2 Å². The van der Waals surface area contributed by atoms with Crippen LogP contribution in [0, 0.1) is 11.8 Å². The van der Waals surface area contributed by atoms with Gasteiger partial charge in [0.15, 0.2) is 5.17 Å². The number of hydrogen-bond donors (Lipinski definition) is 2. The molecule has 0 unspecified atom stereocenters. The molecule has 2 aliphatic rings. The second-order valence-electron chi connectivity index (χ2n) is 7.57. The molecule has 1 aliphatic heterocycles. The van der Waals surface area contributed by atoms with E-state index in [1.54, 1.807) is 23.9 Å². The summed E-state index contributed by atoms with van der Waals surface area (Å²) in [6.45, 7) is 1.17. The molecule has 0 atom stereocenters. The summed E-state index contributed by atoms with van der Waals surface area (Å²) in [6, 6.07) is 12.8. The summed E-state index contributed by atoms with van der Waals surface area (Å²) in [6.07, 6.45) is 3.25. The summed E-state index contributed by atoms with van der Waals surface area (Å²) >= 11 is 1.59. The molecule has 0 spiro atoms. The first-order valence-corrected chi connectivity index (χ1v) is 12.5. The molecular weight excluding hydrogens is 406 g/mol. The van der Waals surface area contributed by atoms with E-state index in [0.717, 1.165) is 53.9 Å². The third-order valence-electron chi connectivity index (χ3n) is 5.63. The third kappa shape index (κ3) is 4.82. The largest absolute Gasteiger partial charge is 0.305 e. The van der Waals surface area contributed by atoms with Gasteiger partial charge in [-0.05, 0) is 43.1 Å². The quantitative estimate of drug-likeness (QED) is 0.761. The number of thioether (sulfide) groups is 1. The molecule has 29 heavy (non-hydrogen) atoms. The molecule has 2 aromatic rings. The summed E-state index contributed by atoms with van der Waals surface area (Å²) in [5, 5.41) is 5.30. The first-order chi connectivity index (χ1) is 14.0. The topological polar surface area (TPSA) is 87.6 Å². The molecule has 1 fully saturated rings. The minimum absolute atomic E-state index is 0.00942. The molecule has 6 nitrogen and oxygen atoms in total. The Morgan fingerprint density at radius 2 is 1.83 bits per heavy atom. The molecule has 2 aromatic carbocycles. The van der Waals surface area contributed by atoms with Crippen molar-refractivity contribution in [2.24, 2.45) is 16.8 Å². The number of carbonyl (C=O) groups excluding carboxylic acids is 1. The van der Waals surface area contributed by atoms with Crippen LogP contribution in [0.15, 0.2) is 52.4 Å². The number of amides is 1. The number of hydrogen-bond acceptors (Lipinski definition) is 5. The molecule has 1 amide bonds. The molecular formula is C21H25N3O3S2. The van der Waals surface area contributed by atoms with Gasteiger partial charge in [0, 0.05) is 23.6 Å². The number of nitrogens with zero attached hydrogens (tertiary/aromatic N) is 1. The number of benzene rings is 2. The molecule has 0 radical (unpaired) electrons.